The minimum absolute atomic E-state index is 0.0912. The highest BCUT2D eigenvalue weighted by atomic mass is 16.5. The molecule has 0 rings (SSSR count). The molecule has 3 nitrogen and oxygen atoms in total. The smallest absolute Gasteiger partial charge is 0.252 e. The number of ether oxygens (including phenoxy) is 1. The number of carbonyl (C=O) groups is 1. The molecule has 3 heteroatoms. The summed E-state index contributed by atoms with van der Waals surface area (Å²) in [7, 11) is 1.66. The minimum Gasteiger partial charge on any atom is -0.372 e. The Kier molecular flexibility index (Phi) is 6.41. The number of hydrogen-bond donors (Lipinski definition) is 0. The summed E-state index contributed by atoms with van der Waals surface area (Å²) in [6.07, 6.45) is 5.08. The van der Waals surface area contributed by atoms with Gasteiger partial charge < -0.3 is 9.64 Å². The summed E-state index contributed by atoms with van der Waals surface area (Å²) < 4.78 is 4.99. The molecule has 0 aromatic carbocycles. The first-order valence-corrected chi connectivity index (χ1v) is 4.45. The molecule has 0 aliphatic heterocycles. The monoisotopic (exact) mass is 195 g/mol. The zero-order valence-corrected chi connectivity index (χ0v) is 8.82. The Morgan fingerprint density at radius 2 is 2.21 bits per heavy atom. The highest BCUT2D eigenvalue weighted by Crippen LogP contribution is 2.01. The SMILES string of the molecule is C=C/C=C\C(=C)N(C)C(=O)COCC. The molecule has 0 saturated heterocycles. The van der Waals surface area contributed by atoms with Crippen LogP contribution in [0.4, 0.5) is 0 Å². The second-order valence-electron chi connectivity index (χ2n) is 2.68. The van der Waals surface area contributed by atoms with E-state index in [2.05, 4.69) is 13.2 Å². The van der Waals surface area contributed by atoms with Crippen LogP contribution in [-0.4, -0.2) is 31.1 Å². The van der Waals surface area contributed by atoms with Gasteiger partial charge in [0.15, 0.2) is 0 Å². The second-order valence-corrected chi connectivity index (χ2v) is 2.68. The fourth-order valence-electron chi connectivity index (χ4n) is 0.737. The van der Waals surface area contributed by atoms with Gasteiger partial charge in [-0.1, -0.05) is 25.3 Å². The number of likely N-dealkylation sites (N-methyl/N-ethyl adjacent to an activating group) is 1. The molecular formula is C11H17NO2. The van der Waals surface area contributed by atoms with Gasteiger partial charge in [-0.05, 0) is 13.0 Å². The van der Waals surface area contributed by atoms with Crippen LogP contribution in [0.25, 0.3) is 0 Å². The van der Waals surface area contributed by atoms with E-state index in [0.717, 1.165) is 0 Å². The van der Waals surface area contributed by atoms with E-state index in [1.165, 1.54) is 4.90 Å². The summed E-state index contributed by atoms with van der Waals surface area (Å²) in [5.74, 6) is -0.106. The number of amides is 1. The van der Waals surface area contributed by atoms with Crippen LogP contribution in [0.1, 0.15) is 6.92 Å². The molecular weight excluding hydrogens is 178 g/mol. The maximum Gasteiger partial charge on any atom is 0.252 e. The van der Waals surface area contributed by atoms with Crippen LogP contribution in [-0.2, 0) is 9.53 Å². The van der Waals surface area contributed by atoms with Crippen molar-refractivity contribution in [3.63, 3.8) is 0 Å². The lowest BCUT2D eigenvalue weighted by atomic mass is 10.3. The molecule has 0 aromatic heterocycles. The Bertz CT molecular complexity index is 244. The van der Waals surface area contributed by atoms with Crippen molar-refractivity contribution in [1.29, 1.82) is 0 Å². The zero-order chi connectivity index (χ0) is 11.0. The zero-order valence-electron chi connectivity index (χ0n) is 8.82. The first-order chi connectivity index (χ1) is 6.63. The second kappa shape index (κ2) is 7.09. The highest BCUT2D eigenvalue weighted by Gasteiger charge is 2.08. The van der Waals surface area contributed by atoms with Gasteiger partial charge in [0.1, 0.15) is 6.61 Å². The lowest BCUT2D eigenvalue weighted by Gasteiger charge is -2.16. The molecule has 0 atom stereocenters. The molecule has 0 fully saturated rings. The van der Waals surface area contributed by atoms with E-state index in [-0.39, 0.29) is 12.5 Å². The number of hydrogen-bond acceptors (Lipinski definition) is 2. The molecule has 0 spiro atoms. The average Bonchev–Trinajstić information content (AvgIpc) is 2.21. The third-order valence-corrected chi connectivity index (χ3v) is 1.66. The van der Waals surface area contributed by atoms with Crippen LogP contribution in [0.2, 0.25) is 0 Å². The highest BCUT2D eigenvalue weighted by molar-refractivity contribution is 5.79. The predicted molar refractivity (Wildman–Crippen MR) is 57.7 cm³/mol. The summed E-state index contributed by atoms with van der Waals surface area (Å²) in [4.78, 5) is 12.8. The minimum atomic E-state index is -0.106. The molecule has 0 heterocycles. The Hall–Kier alpha value is -1.35. The lowest BCUT2D eigenvalue weighted by Crippen LogP contribution is -2.28. The largest absolute Gasteiger partial charge is 0.372 e. The molecule has 78 valence electrons. The molecule has 0 saturated carbocycles. The molecule has 0 aliphatic rings. The van der Waals surface area contributed by atoms with Crippen molar-refractivity contribution in [3.05, 3.63) is 37.1 Å². The molecule has 0 aromatic rings. The molecule has 0 unspecified atom stereocenters. The fourth-order valence-corrected chi connectivity index (χ4v) is 0.737. The van der Waals surface area contributed by atoms with Crippen molar-refractivity contribution in [3.8, 4) is 0 Å². The maximum absolute atomic E-state index is 11.4. The van der Waals surface area contributed by atoms with Crippen molar-refractivity contribution in [2.45, 2.75) is 6.92 Å². The van der Waals surface area contributed by atoms with Crippen molar-refractivity contribution in [2.24, 2.45) is 0 Å². The summed E-state index contributed by atoms with van der Waals surface area (Å²) in [5, 5.41) is 0. The van der Waals surface area contributed by atoms with Crippen LogP contribution in [0.5, 0.6) is 0 Å². The summed E-state index contributed by atoms with van der Waals surface area (Å²) in [6, 6.07) is 0. The van der Waals surface area contributed by atoms with Crippen molar-refractivity contribution in [1.82, 2.24) is 4.90 Å². The molecule has 14 heavy (non-hydrogen) atoms. The van der Waals surface area contributed by atoms with Crippen molar-refractivity contribution < 1.29 is 9.53 Å². The predicted octanol–water partition coefficient (Wildman–Crippen LogP) is 1.74. The van der Waals surface area contributed by atoms with Crippen LogP contribution in [0.15, 0.2) is 37.1 Å². The Labute approximate surface area is 85.4 Å². The van der Waals surface area contributed by atoms with E-state index in [4.69, 9.17) is 4.74 Å². The third kappa shape index (κ3) is 4.62. The van der Waals surface area contributed by atoms with Gasteiger partial charge in [-0.25, -0.2) is 0 Å². The molecule has 0 radical (unpaired) electrons. The van der Waals surface area contributed by atoms with E-state index >= 15 is 0 Å². The summed E-state index contributed by atoms with van der Waals surface area (Å²) in [6.45, 7) is 9.74. The topological polar surface area (TPSA) is 29.5 Å². The van der Waals surface area contributed by atoms with Gasteiger partial charge in [0.2, 0.25) is 0 Å². The van der Waals surface area contributed by atoms with Gasteiger partial charge in [0.05, 0.1) is 0 Å². The number of allylic oxidation sites excluding steroid dienone is 3. The van der Waals surface area contributed by atoms with Crippen LogP contribution >= 0.6 is 0 Å². The van der Waals surface area contributed by atoms with Gasteiger partial charge >= 0.3 is 0 Å². The quantitative estimate of drug-likeness (QED) is 0.604. The Morgan fingerprint density at radius 3 is 2.71 bits per heavy atom. The Morgan fingerprint density at radius 1 is 1.57 bits per heavy atom. The molecule has 0 N–H and O–H groups in total. The first kappa shape index (κ1) is 12.7. The summed E-state index contributed by atoms with van der Waals surface area (Å²) >= 11 is 0. The van der Waals surface area contributed by atoms with E-state index in [9.17, 15) is 4.79 Å². The standard InChI is InChI=1S/C11H17NO2/c1-5-7-8-10(3)12(4)11(13)9-14-6-2/h5,7-8H,1,3,6,9H2,2,4H3/b8-7-. The number of rotatable bonds is 6. The van der Waals surface area contributed by atoms with Crippen LogP contribution < -0.4 is 0 Å². The molecule has 1 amide bonds. The maximum atomic E-state index is 11.4. The van der Waals surface area contributed by atoms with Gasteiger partial charge in [0.25, 0.3) is 5.91 Å². The molecule has 0 bridgehead atoms. The van der Waals surface area contributed by atoms with E-state index in [0.29, 0.717) is 12.3 Å². The molecule has 0 aliphatic carbocycles. The normalized spacial score (nSPS) is 10.1. The van der Waals surface area contributed by atoms with E-state index < -0.39 is 0 Å². The average molecular weight is 195 g/mol. The Balaban J connectivity index is 4.10. The first-order valence-electron chi connectivity index (χ1n) is 4.45. The van der Waals surface area contributed by atoms with Gasteiger partial charge in [0, 0.05) is 19.4 Å². The van der Waals surface area contributed by atoms with Gasteiger partial charge in [-0.3, -0.25) is 4.79 Å². The lowest BCUT2D eigenvalue weighted by molar-refractivity contribution is -0.132. The van der Waals surface area contributed by atoms with Gasteiger partial charge in [-0.15, -0.1) is 0 Å². The van der Waals surface area contributed by atoms with Crippen LogP contribution in [0, 0.1) is 0 Å². The third-order valence-electron chi connectivity index (χ3n) is 1.66. The fraction of sp³-hybridized carbons (Fsp3) is 0.364. The summed E-state index contributed by atoms with van der Waals surface area (Å²) in [5.41, 5.74) is 0.620. The number of nitrogens with zero attached hydrogens (tertiary/aromatic N) is 1. The van der Waals surface area contributed by atoms with Crippen molar-refractivity contribution in [2.75, 3.05) is 20.3 Å². The van der Waals surface area contributed by atoms with E-state index in [1.807, 2.05) is 6.92 Å². The van der Waals surface area contributed by atoms with E-state index in [1.54, 1.807) is 25.3 Å². The van der Waals surface area contributed by atoms with Crippen LogP contribution in [0.3, 0.4) is 0 Å². The van der Waals surface area contributed by atoms with Gasteiger partial charge in [-0.2, -0.15) is 0 Å². The number of carbonyl (C=O) groups excluding carboxylic acids is 1. The van der Waals surface area contributed by atoms with Crippen molar-refractivity contribution >= 4 is 5.91 Å².